The number of hydrazone groups is 1. The topological polar surface area (TPSA) is 37.2 Å². The number of methoxy groups -OCH3 is 1. The van der Waals surface area contributed by atoms with Gasteiger partial charge in [-0.05, 0) is 66.4 Å². The zero-order valence-corrected chi connectivity index (χ0v) is 20.3. The fourth-order valence-electron chi connectivity index (χ4n) is 4.32. The van der Waals surface area contributed by atoms with Crippen molar-refractivity contribution in [1.29, 1.82) is 0 Å². The molecule has 1 aliphatic rings. The van der Waals surface area contributed by atoms with E-state index in [4.69, 9.17) is 9.84 Å². The highest BCUT2D eigenvalue weighted by molar-refractivity contribution is 6.03. The van der Waals surface area contributed by atoms with E-state index in [0.717, 1.165) is 40.4 Å². The van der Waals surface area contributed by atoms with Gasteiger partial charge in [-0.3, -0.25) is 10.0 Å². The lowest BCUT2D eigenvalue weighted by Gasteiger charge is -2.24. The second-order valence-electron chi connectivity index (χ2n) is 8.89. The average Bonchev–Trinajstić information content (AvgIpc) is 3.34. The summed E-state index contributed by atoms with van der Waals surface area (Å²) < 4.78 is 5.37. The first kappa shape index (κ1) is 22.6. The molecule has 0 saturated carbocycles. The van der Waals surface area contributed by atoms with Gasteiger partial charge in [-0.15, -0.1) is 0 Å². The summed E-state index contributed by atoms with van der Waals surface area (Å²) in [4.78, 5) is 4.66. The molecule has 0 aliphatic carbocycles. The van der Waals surface area contributed by atoms with Gasteiger partial charge in [0.05, 0.1) is 30.2 Å². The van der Waals surface area contributed by atoms with Crippen LogP contribution in [0, 0.1) is 13.8 Å². The van der Waals surface area contributed by atoms with E-state index in [2.05, 4.69) is 90.6 Å². The van der Waals surface area contributed by atoms with Crippen LogP contribution in [-0.4, -0.2) is 19.0 Å². The van der Waals surface area contributed by atoms with Gasteiger partial charge in [-0.1, -0.05) is 72.3 Å². The van der Waals surface area contributed by atoms with Crippen LogP contribution in [0.3, 0.4) is 0 Å². The largest absolute Gasteiger partial charge is 0.497 e. The van der Waals surface area contributed by atoms with Crippen molar-refractivity contribution >= 4 is 23.3 Å². The van der Waals surface area contributed by atoms with Crippen molar-refractivity contribution in [3.63, 3.8) is 0 Å². The Hall–Kier alpha value is -4.18. The number of para-hydroxylation sites is 1. The van der Waals surface area contributed by atoms with E-state index in [1.165, 1.54) is 16.7 Å². The Morgan fingerprint density at radius 3 is 2.26 bits per heavy atom. The summed E-state index contributed by atoms with van der Waals surface area (Å²) in [7, 11) is 1.69. The van der Waals surface area contributed by atoms with Crippen LogP contribution in [0.25, 0.3) is 0 Å². The van der Waals surface area contributed by atoms with Crippen molar-refractivity contribution in [3.8, 4) is 5.75 Å². The molecular formula is C31H29N3O. The van der Waals surface area contributed by atoms with Crippen molar-refractivity contribution in [2.24, 2.45) is 10.1 Å². The predicted octanol–water partition coefficient (Wildman–Crippen LogP) is 7.42. The zero-order chi connectivity index (χ0) is 24.2. The molecule has 1 heterocycles. The number of aliphatic imine (C=N–C) groups is 1. The highest BCUT2D eigenvalue weighted by Gasteiger charge is 2.30. The molecule has 0 spiro atoms. The van der Waals surface area contributed by atoms with Crippen molar-refractivity contribution in [1.82, 2.24) is 0 Å². The molecule has 0 N–H and O–H groups in total. The molecule has 35 heavy (non-hydrogen) atoms. The SMILES string of the molecule is COc1ccc([C@@H]2CC(c3ccc(C)cc3)=NN2c2ccc(C=Nc3ccccc3C)cc2)cc1. The quantitative estimate of drug-likeness (QED) is 0.281. The van der Waals surface area contributed by atoms with Gasteiger partial charge in [0, 0.05) is 12.6 Å². The summed E-state index contributed by atoms with van der Waals surface area (Å²) >= 11 is 0. The van der Waals surface area contributed by atoms with Gasteiger partial charge in [0.1, 0.15) is 5.75 Å². The standard InChI is InChI=1S/C31H29N3O/c1-22-8-12-25(13-9-22)30-20-31(26-14-18-28(35-3)19-15-26)34(33-30)27-16-10-24(11-17-27)21-32-29-7-5-4-6-23(29)2/h4-19,21,31H,20H2,1-3H3/t31-/m0/s1. The van der Waals surface area contributed by atoms with Crippen LogP contribution < -0.4 is 9.75 Å². The second-order valence-corrected chi connectivity index (χ2v) is 8.89. The van der Waals surface area contributed by atoms with E-state index in [-0.39, 0.29) is 6.04 Å². The molecule has 4 nitrogen and oxygen atoms in total. The number of hydrogen-bond acceptors (Lipinski definition) is 4. The van der Waals surface area contributed by atoms with E-state index in [9.17, 15) is 0 Å². The van der Waals surface area contributed by atoms with Crippen LogP contribution in [0.1, 0.15) is 40.3 Å². The Morgan fingerprint density at radius 1 is 0.857 bits per heavy atom. The monoisotopic (exact) mass is 459 g/mol. The third-order valence-electron chi connectivity index (χ3n) is 6.42. The minimum absolute atomic E-state index is 0.115. The lowest BCUT2D eigenvalue weighted by molar-refractivity contribution is 0.414. The molecule has 5 rings (SSSR count). The maximum atomic E-state index is 5.37. The van der Waals surface area contributed by atoms with Gasteiger partial charge < -0.3 is 4.74 Å². The van der Waals surface area contributed by atoms with Crippen LogP contribution in [-0.2, 0) is 0 Å². The molecule has 0 saturated heterocycles. The molecule has 0 unspecified atom stereocenters. The fourth-order valence-corrected chi connectivity index (χ4v) is 4.32. The van der Waals surface area contributed by atoms with Gasteiger partial charge in [0.2, 0.25) is 0 Å². The molecule has 0 amide bonds. The summed E-state index contributed by atoms with van der Waals surface area (Å²) in [6, 6.07) is 33.6. The number of anilines is 1. The third-order valence-corrected chi connectivity index (χ3v) is 6.42. The van der Waals surface area contributed by atoms with E-state index in [1.54, 1.807) is 7.11 Å². The second kappa shape index (κ2) is 9.98. The molecule has 0 bridgehead atoms. The first-order valence-corrected chi connectivity index (χ1v) is 11.9. The Kier molecular flexibility index (Phi) is 6.44. The summed E-state index contributed by atoms with van der Waals surface area (Å²) in [6.07, 6.45) is 2.75. The number of nitrogens with zero attached hydrogens (tertiary/aromatic N) is 3. The number of rotatable bonds is 6. The van der Waals surface area contributed by atoms with E-state index >= 15 is 0 Å². The fraction of sp³-hybridized carbons (Fsp3) is 0.161. The maximum Gasteiger partial charge on any atom is 0.118 e. The number of hydrogen-bond donors (Lipinski definition) is 0. The average molecular weight is 460 g/mol. The van der Waals surface area contributed by atoms with Gasteiger partial charge in [0.15, 0.2) is 0 Å². The first-order valence-electron chi connectivity index (χ1n) is 11.9. The molecule has 1 aliphatic heterocycles. The molecule has 1 atom stereocenters. The minimum atomic E-state index is 0.115. The van der Waals surface area contributed by atoms with Crippen LogP contribution in [0.2, 0.25) is 0 Å². The molecule has 4 aromatic carbocycles. The number of ether oxygens (including phenoxy) is 1. The lowest BCUT2D eigenvalue weighted by Crippen LogP contribution is -2.18. The molecule has 174 valence electrons. The van der Waals surface area contributed by atoms with Gasteiger partial charge in [0.25, 0.3) is 0 Å². The Bertz CT molecular complexity index is 1350. The van der Waals surface area contributed by atoms with Gasteiger partial charge >= 0.3 is 0 Å². The summed E-state index contributed by atoms with van der Waals surface area (Å²) in [5.74, 6) is 0.857. The molecule has 0 aromatic heterocycles. The zero-order valence-electron chi connectivity index (χ0n) is 20.3. The van der Waals surface area contributed by atoms with Crippen LogP contribution in [0.15, 0.2) is 107 Å². The predicted molar refractivity (Wildman–Crippen MR) is 145 cm³/mol. The molecule has 0 fully saturated rings. The molecule has 4 aromatic rings. The molecular weight excluding hydrogens is 430 g/mol. The third kappa shape index (κ3) is 5.02. The van der Waals surface area contributed by atoms with E-state index < -0.39 is 0 Å². The Labute approximate surface area is 207 Å². The summed E-state index contributed by atoms with van der Waals surface area (Å²) in [6.45, 7) is 4.18. The van der Waals surface area contributed by atoms with Gasteiger partial charge in [-0.2, -0.15) is 5.10 Å². The van der Waals surface area contributed by atoms with Crippen molar-refractivity contribution in [2.45, 2.75) is 26.3 Å². The van der Waals surface area contributed by atoms with Crippen LogP contribution >= 0.6 is 0 Å². The highest BCUT2D eigenvalue weighted by Crippen LogP contribution is 2.37. The van der Waals surface area contributed by atoms with E-state index in [0.29, 0.717) is 0 Å². The van der Waals surface area contributed by atoms with Gasteiger partial charge in [-0.25, -0.2) is 0 Å². The van der Waals surface area contributed by atoms with Crippen molar-refractivity contribution in [2.75, 3.05) is 12.1 Å². The molecule has 0 radical (unpaired) electrons. The number of aryl methyl sites for hydroxylation is 2. The summed E-state index contributed by atoms with van der Waals surface area (Å²) in [5, 5.41) is 7.22. The summed E-state index contributed by atoms with van der Waals surface area (Å²) in [5.41, 5.74) is 8.98. The van der Waals surface area contributed by atoms with Crippen LogP contribution in [0.5, 0.6) is 5.75 Å². The molecule has 4 heteroatoms. The normalized spacial score (nSPS) is 15.5. The Balaban J connectivity index is 1.44. The first-order chi connectivity index (χ1) is 17.1. The van der Waals surface area contributed by atoms with E-state index in [1.807, 2.05) is 36.5 Å². The van der Waals surface area contributed by atoms with Crippen molar-refractivity contribution in [3.05, 3.63) is 125 Å². The minimum Gasteiger partial charge on any atom is -0.497 e. The number of benzene rings is 4. The lowest BCUT2D eigenvalue weighted by atomic mass is 9.97. The van der Waals surface area contributed by atoms with Crippen molar-refractivity contribution < 1.29 is 4.74 Å². The van der Waals surface area contributed by atoms with Crippen LogP contribution in [0.4, 0.5) is 11.4 Å². The Morgan fingerprint density at radius 2 is 1.57 bits per heavy atom. The maximum absolute atomic E-state index is 5.37. The smallest absolute Gasteiger partial charge is 0.118 e. The highest BCUT2D eigenvalue weighted by atomic mass is 16.5.